The van der Waals surface area contributed by atoms with Gasteiger partial charge in [-0.3, -0.25) is 4.79 Å². The van der Waals surface area contributed by atoms with E-state index in [0.717, 1.165) is 29.1 Å². The first-order valence-corrected chi connectivity index (χ1v) is 9.96. The second kappa shape index (κ2) is 8.13. The van der Waals surface area contributed by atoms with E-state index in [1.807, 2.05) is 19.9 Å². The van der Waals surface area contributed by atoms with Gasteiger partial charge in [-0.05, 0) is 51.0 Å². The third kappa shape index (κ3) is 4.45. The van der Waals surface area contributed by atoms with Gasteiger partial charge in [-0.1, -0.05) is 5.16 Å². The van der Waals surface area contributed by atoms with Gasteiger partial charge in [0.15, 0.2) is 5.76 Å². The third-order valence-electron chi connectivity index (χ3n) is 5.46. The zero-order valence-corrected chi connectivity index (χ0v) is 17.1. The predicted octanol–water partition coefficient (Wildman–Crippen LogP) is 4.79. The highest BCUT2D eigenvalue weighted by molar-refractivity contribution is 5.94. The third-order valence-corrected chi connectivity index (χ3v) is 5.46. The van der Waals surface area contributed by atoms with E-state index >= 15 is 0 Å². The second-order valence-electron chi connectivity index (χ2n) is 7.69. The van der Waals surface area contributed by atoms with Crippen LogP contribution in [0.4, 0.5) is 13.2 Å². The van der Waals surface area contributed by atoms with E-state index in [1.165, 1.54) is 12.1 Å². The summed E-state index contributed by atoms with van der Waals surface area (Å²) in [5.74, 6) is 1.10. The van der Waals surface area contributed by atoms with Gasteiger partial charge in [0.1, 0.15) is 5.82 Å². The molecule has 0 saturated carbocycles. The highest BCUT2D eigenvalue weighted by atomic mass is 19.4. The molecule has 0 bridgehead atoms. The Labute approximate surface area is 177 Å². The summed E-state index contributed by atoms with van der Waals surface area (Å²) in [4.78, 5) is 23.3. The largest absolute Gasteiger partial charge is 0.416 e. The minimum Gasteiger partial charge on any atom is -0.356 e. The molecule has 31 heavy (non-hydrogen) atoms. The van der Waals surface area contributed by atoms with E-state index < -0.39 is 11.7 Å². The Morgan fingerprint density at radius 3 is 2.39 bits per heavy atom. The summed E-state index contributed by atoms with van der Waals surface area (Å²) < 4.78 is 43.6. The van der Waals surface area contributed by atoms with Crippen LogP contribution in [0.2, 0.25) is 0 Å². The second-order valence-corrected chi connectivity index (χ2v) is 7.69. The zero-order valence-electron chi connectivity index (χ0n) is 17.1. The van der Waals surface area contributed by atoms with E-state index in [4.69, 9.17) is 4.52 Å². The number of aromatic nitrogens is 3. The van der Waals surface area contributed by atoms with Gasteiger partial charge in [0, 0.05) is 36.8 Å². The summed E-state index contributed by atoms with van der Waals surface area (Å²) in [6.45, 7) is 4.64. The minimum absolute atomic E-state index is 0.110. The van der Waals surface area contributed by atoms with E-state index in [2.05, 4.69) is 15.1 Å². The molecule has 1 aliphatic rings. The maximum absolute atomic E-state index is 12.7. The maximum atomic E-state index is 12.7. The van der Waals surface area contributed by atoms with Gasteiger partial charge < -0.3 is 9.42 Å². The van der Waals surface area contributed by atoms with Gasteiger partial charge in [-0.25, -0.2) is 9.97 Å². The van der Waals surface area contributed by atoms with Crippen molar-refractivity contribution < 1.29 is 22.5 Å². The number of halogens is 3. The number of rotatable bonds is 3. The number of carbonyl (C=O) groups excluding carboxylic acids is 1. The molecule has 1 amide bonds. The molecule has 0 atom stereocenters. The number of hydrogen-bond acceptors (Lipinski definition) is 5. The van der Waals surface area contributed by atoms with Crippen molar-refractivity contribution in [3.63, 3.8) is 0 Å². The summed E-state index contributed by atoms with van der Waals surface area (Å²) in [6.07, 6.45) is -1.32. The fourth-order valence-electron chi connectivity index (χ4n) is 3.82. The molecule has 2 aromatic heterocycles. The topological polar surface area (TPSA) is 72.1 Å². The van der Waals surface area contributed by atoms with Crippen molar-refractivity contribution in [1.29, 1.82) is 0 Å². The Bertz CT molecular complexity index is 1080. The number of alkyl halides is 3. The summed E-state index contributed by atoms with van der Waals surface area (Å²) in [7, 11) is 0. The normalized spacial score (nSPS) is 15.3. The van der Waals surface area contributed by atoms with E-state index in [1.54, 1.807) is 11.1 Å². The van der Waals surface area contributed by atoms with Crippen LogP contribution in [-0.4, -0.2) is 39.0 Å². The summed E-state index contributed by atoms with van der Waals surface area (Å²) in [5, 5.41) is 3.94. The fraction of sp³-hybridized carbons (Fsp3) is 0.364. The summed E-state index contributed by atoms with van der Waals surface area (Å²) >= 11 is 0. The van der Waals surface area contributed by atoms with Crippen LogP contribution in [-0.2, 0) is 6.18 Å². The fourth-order valence-corrected chi connectivity index (χ4v) is 3.82. The molecular weight excluding hydrogens is 409 g/mol. The Hall–Kier alpha value is -3.23. The number of hydrogen-bond donors (Lipinski definition) is 0. The monoisotopic (exact) mass is 430 g/mol. The van der Waals surface area contributed by atoms with Crippen molar-refractivity contribution in [3.05, 3.63) is 64.9 Å². The van der Waals surface area contributed by atoms with Crippen LogP contribution < -0.4 is 0 Å². The van der Waals surface area contributed by atoms with Crippen LogP contribution in [0.1, 0.15) is 51.9 Å². The molecule has 162 valence electrons. The van der Waals surface area contributed by atoms with Crippen molar-refractivity contribution >= 4 is 5.91 Å². The van der Waals surface area contributed by atoms with Crippen LogP contribution in [0.3, 0.4) is 0 Å². The average molecular weight is 430 g/mol. The summed E-state index contributed by atoms with van der Waals surface area (Å²) in [6, 6.07) is 6.18. The molecule has 3 heterocycles. The molecule has 0 spiro atoms. The molecule has 1 aromatic carbocycles. The summed E-state index contributed by atoms with van der Waals surface area (Å²) in [5.41, 5.74) is 1.90. The quantitative estimate of drug-likeness (QED) is 0.598. The van der Waals surface area contributed by atoms with Crippen LogP contribution >= 0.6 is 0 Å². The Kier molecular flexibility index (Phi) is 5.51. The number of amides is 1. The molecular formula is C22H21F3N4O2. The molecule has 0 unspecified atom stereocenters. The Morgan fingerprint density at radius 2 is 1.81 bits per heavy atom. The van der Waals surface area contributed by atoms with Crippen molar-refractivity contribution in [2.24, 2.45) is 0 Å². The van der Waals surface area contributed by atoms with E-state index in [9.17, 15) is 18.0 Å². The number of piperidine rings is 1. The van der Waals surface area contributed by atoms with Gasteiger partial charge in [-0.15, -0.1) is 0 Å². The van der Waals surface area contributed by atoms with Crippen molar-refractivity contribution in [1.82, 2.24) is 20.0 Å². The smallest absolute Gasteiger partial charge is 0.356 e. The lowest BCUT2D eigenvalue weighted by Crippen LogP contribution is -2.38. The first kappa shape index (κ1) is 21.0. The van der Waals surface area contributed by atoms with Gasteiger partial charge in [-0.2, -0.15) is 13.2 Å². The molecule has 4 rings (SSSR count). The van der Waals surface area contributed by atoms with Gasteiger partial charge in [0.05, 0.1) is 22.5 Å². The molecule has 3 aromatic rings. The molecule has 6 nitrogen and oxygen atoms in total. The molecule has 1 aliphatic heterocycles. The van der Waals surface area contributed by atoms with Crippen molar-refractivity contribution in [2.45, 2.75) is 38.8 Å². The Morgan fingerprint density at radius 1 is 1.13 bits per heavy atom. The van der Waals surface area contributed by atoms with Gasteiger partial charge in [0.25, 0.3) is 5.91 Å². The number of likely N-dealkylation sites (tertiary alicyclic amines) is 1. The zero-order chi connectivity index (χ0) is 22.2. The number of carbonyl (C=O) groups is 1. The lowest BCUT2D eigenvalue weighted by Gasteiger charge is -2.32. The standard InChI is InChI=1S/C22H21F3N4O2/c1-13-11-19(31-28-13)18-12-26-14(2)27-20(18)15-7-9-29(10-8-15)21(30)16-3-5-17(6-4-16)22(23,24)25/h3-6,11-12,15H,7-10H2,1-2H3. The highest BCUT2D eigenvalue weighted by Crippen LogP contribution is 2.35. The van der Waals surface area contributed by atoms with Crippen LogP contribution in [0, 0.1) is 13.8 Å². The molecule has 1 fully saturated rings. The molecule has 1 saturated heterocycles. The average Bonchev–Trinajstić information content (AvgIpc) is 3.19. The first-order chi connectivity index (χ1) is 14.7. The maximum Gasteiger partial charge on any atom is 0.416 e. The highest BCUT2D eigenvalue weighted by Gasteiger charge is 2.31. The predicted molar refractivity (Wildman–Crippen MR) is 106 cm³/mol. The molecule has 0 aliphatic carbocycles. The van der Waals surface area contributed by atoms with Crippen molar-refractivity contribution in [2.75, 3.05) is 13.1 Å². The van der Waals surface area contributed by atoms with Gasteiger partial charge >= 0.3 is 6.18 Å². The van der Waals surface area contributed by atoms with Crippen molar-refractivity contribution in [3.8, 4) is 11.3 Å². The first-order valence-electron chi connectivity index (χ1n) is 9.96. The van der Waals surface area contributed by atoms with E-state index in [0.29, 0.717) is 37.5 Å². The van der Waals surface area contributed by atoms with Crippen LogP contribution in [0.5, 0.6) is 0 Å². The van der Waals surface area contributed by atoms with Crippen LogP contribution in [0.15, 0.2) is 41.1 Å². The SMILES string of the molecule is Cc1cc(-c2cnc(C)nc2C2CCN(C(=O)c3ccc(C(F)(F)F)cc3)CC2)on1. The van der Waals surface area contributed by atoms with Crippen LogP contribution in [0.25, 0.3) is 11.3 Å². The van der Waals surface area contributed by atoms with E-state index in [-0.39, 0.29) is 17.4 Å². The minimum atomic E-state index is -4.42. The molecule has 0 N–H and O–H groups in total. The molecule has 0 radical (unpaired) electrons. The number of aryl methyl sites for hydroxylation is 2. The number of benzene rings is 1. The van der Waals surface area contributed by atoms with Gasteiger partial charge in [0.2, 0.25) is 0 Å². The number of nitrogens with zero attached hydrogens (tertiary/aromatic N) is 4. The lowest BCUT2D eigenvalue weighted by atomic mass is 9.90. The molecule has 9 heteroatoms. The Balaban J connectivity index is 1.48. The lowest BCUT2D eigenvalue weighted by molar-refractivity contribution is -0.137.